The maximum Gasteiger partial charge on any atom is 0.339 e. The molecule has 1 N–H and O–H groups in total. The van der Waals surface area contributed by atoms with Crippen LogP contribution in [0.4, 0.5) is 10.2 Å². The van der Waals surface area contributed by atoms with Crippen LogP contribution in [-0.4, -0.2) is 29.1 Å². The second kappa shape index (κ2) is 4.08. The summed E-state index contributed by atoms with van der Waals surface area (Å²) >= 11 is 0. The van der Waals surface area contributed by atoms with Crippen molar-refractivity contribution in [3.05, 3.63) is 23.6 Å². The second-order valence-corrected chi connectivity index (χ2v) is 4.03. The average molecular weight is 224 g/mol. The first-order chi connectivity index (χ1) is 7.59. The molecule has 1 fully saturated rings. The van der Waals surface area contributed by atoms with Crippen molar-refractivity contribution >= 4 is 11.8 Å². The fourth-order valence-electron chi connectivity index (χ4n) is 1.82. The standard InChI is InChI=1S/C11H13FN2O2/c1-14(8-3-2-4-8)10-9(11(15)16)5-7(12)6-13-10/h5-6,8H,2-4H2,1H3,(H,15,16). The van der Waals surface area contributed by atoms with Gasteiger partial charge in [0.2, 0.25) is 0 Å². The van der Waals surface area contributed by atoms with Crippen molar-refractivity contribution in [2.45, 2.75) is 25.3 Å². The molecule has 4 nitrogen and oxygen atoms in total. The van der Waals surface area contributed by atoms with E-state index in [9.17, 15) is 9.18 Å². The van der Waals surface area contributed by atoms with Crippen LogP contribution in [0.1, 0.15) is 29.6 Å². The van der Waals surface area contributed by atoms with Crippen molar-refractivity contribution in [2.75, 3.05) is 11.9 Å². The Bertz CT molecular complexity index is 418. The molecule has 1 heterocycles. The van der Waals surface area contributed by atoms with Gasteiger partial charge in [-0.2, -0.15) is 0 Å². The molecule has 0 radical (unpaired) electrons. The molecule has 0 spiro atoms. The number of aromatic nitrogens is 1. The SMILES string of the molecule is CN(c1ncc(F)cc1C(=O)O)C1CCC1. The molecular formula is C11H13FN2O2. The largest absolute Gasteiger partial charge is 0.478 e. The highest BCUT2D eigenvalue weighted by atomic mass is 19.1. The van der Waals surface area contributed by atoms with Crippen LogP contribution in [0, 0.1) is 5.82 Å². The summed E-state index contributed by atoms with van der Waals surface area (Å²) in [5.41, 5.74) is -0.0746. The monoisotopic (exact) mass is 224 g/mol. The maximum atomic E-state index is 12.9. The van der Waals surface area contributed by atoms with E-state index in [1.165, 1.54) is 0 Å². The number of carboxylic acid groups (broad SMARTS) is 1. The Balaban J connectivity index is 2.34. The zero-order chi connectivity index (χ0) is 11.7. The summed E-state index contributed by atoms with van der Waals surface area (Å²) in [6.45, 7) is 0. The number of aromatic carboxylic acids is 1. The molecule has 0 bridgehead atoms. The normalized spacial score (nSPS) is 15.6. The molecule has 5 heteroatoms. The molecular weight excluding hydrogens is 211 g/mol. The Morgan fingerprint density at radius 1 is 1.62 bits per heavy atom. The molecule has 2 rings (SSSR count). The lowest BCUT2D eigenvalue weighted by Crippen LogP contribution is -2.38. The summed E-state index contributed by atoms with van der Waals surface area (Å²) in [6, 6.07) is 1.34. The first kappa shape index (κ1) is 10.9. The first-order valence-electron chi connectivity index (χ1n) is 5.21. The van der Waals surface area contributed by atoms with Gasteiger partial charge >= 0.3 is 5.97 Å². The van der Waals surface area contributed by atoms with E-state index in [4.69, 9.17) is 5.11 Å². The number of nitrogens with zero attached hydrogens (tertiary/aromatic N) is 2. The Kier molecular flexibility index (Phi) is 2.77. The van der Waals surface area contributed by atoms with Crippen LogP contribution in [0.2, 0.25) is 0 Å². The number of pyridine rings is 1. The summed E-state index contributed by atoms with van der Waals surface area (Å²) in [5.74, 6) is -1.42. The van der Waals surface area contributed by atoms with E-state index in [-0.39, 0.29) is 5.56 Å². The molecule has 1 aromatic heterocycles. The number of halogens is 1. The minimum Gasteiger partial charge on any atom is -0.478 e. The van der Waals surface area contributed by atoms with E-state index in [1.54, 1.807) is 7.05 Å². The third-order valence-corrected chi connectivity index (χ3v) is 3.02. The van der Waals surface area contributed by atoms with Crippen LogP contribution in [0.15, 0.2) is 12.3 Å². The average Bonchev–Trinajstić information content (AvgIpc) is 2.14. The van der Waals surface area contributed by atoms with Gasteiger partial charge in [0.1, 0.15) is 17.2 Å². The second-order valence-electron chi connectivity index (χ2n) is 4.03. The lowest BCUT2D eigenvalue weighted by atomic mass is 9.91. The number of carbonyl (C=O) groups is 1. The van der Waals surface area contributed by atoms with Gasteiger partial charge in [0.25, 0.3) is 0 Å². The fourth-order valence-corrected chi connectivity index (χ4v) is 1.82. The van der Waals surface area contributed by atoms with Crippen molar-refractivity contribution in [3.8, 4) is 0 Å². The van der Waals surface area contributed by atoms with Crippen LogP contribution in [0.25, 0.3) is 0 Å². The molecule has 1 aliphatic rings. The highest BCUT2D eigenvalue weighted by molar-refractivity contribution is 5.93. The van der Waals surface area contributed by atoms with Crippen molar-refractivity contribution in [3.63, 3.8) is 0 Å². The molecule has 16 heavy (non-hydrogen) atoms. The van der Waals surface area contributed by atoms with Gasteiger partial charge in [0.15, 0.2) is 0 Å². The molecule has 1 aromatic rings. The van der Waals surface area contributed by atoms with Crippen molar-refractivity contribution < 1.29 is 14.3 Å². The summed E-state index contributed by atoms with van der Waals surface area (Å²) in [6.07, 6.45) is 4.28. The van der Waals surface area contributed by atoms with Gasteiger partial charge in [-0.05, 0) is 25.3 Å². The van der Waals surface area contributed by atoms with E-state index < -0.39 is 11.8 Å². The van der Waals surface area contributed by atoms with Crippen LogP contribution in [0.5, 0.6) is 0 Å². The van der Waals surface area contributed by atoms with Crippen LogP contribution >= 0.6 is 0 Å². The van der Waals surface area contributed by atoms with E-state index in [0.29, 0.717) is 11.9 Å². The molecule has 0 atom stereocenters. The molecule has 0 aliphatic heterocycles. The van der Waals surface area contributed by atoms with Gasteiger partial charge in [-0.3, -0.25) is 0 Å². The minimum absolute atomic E-state index is 0.0746. The van der Waals surface area contributed by atoms with Crippen molar-refractivity contribution in [1.29, 1.82) is 0 Å². The first-order valence-corrected chi connectivity index (χ1v) is 5.21. The molecule has 0 saturated heterocycles. The number of carboxylic acids is 1. The Hall–Kier alpha value is -1.65. The van der Waals surface area contributed by atoms with Gasteiger partial charge in [0, 0.05) is 13.1 Å². The smallest absolute Gasteiger partial charge is 0.339 e. The highest BCUT2D eigenvalue weighted by Gasteiger charge is 2.26. The predicted molar refractivity (Wildman–Crippen MR) is 57.2 cm³/mol. The van der Waals surface area contributed by atoms with E-state index in [0.717, 1.165) is 31.5 Å². The van der Waals surface area contributed by atoms with Gasteiger partial charge < -0.3 is 10.0 Å². The molecule has 1 aliphatic carbocycles. The Morgan fingerprint density at radius 2 is 2.31 bits per heavy atom. The van der Waals surface area contributed by atoms with Crippen LogP contribution in [0.3, 0.4) is 0 Å². The van der Waals surface area contributed by atoms with Crippen LogP contribution < -0.4 is 4.90 Å². The zero-order valence-corrected chi connectivity index (χ0v) is 8.98. The van der Waals surface area contributed by atoms with Crippen LogP contribution in [-0.2, 0) is 0 Å². The summed E-state index contributed by atoms with van der Waals surface area (Å²) in [4.78, 5) is 16.7. The van der Waals surface area contributed by atoms with E-state index in [2.05, 4.69) is 4.98 Å². The number of hydrogen-bond donors (Lipinski definition) is 1. The lowest BCUT2D eigenvalue weighted by molar-refractivity contribution is 0.0696. The van der Waals surface area contributed by atoms with E-state index >= 15 is 0 Å². The highest BCUT2D eigenvalue weighted by Crippen LogP contribution is 2.29. The molecule has 1 saturated carbocycles. The van der Waals surface area contributed by atoms with Crippen molar-refractivity contribution in [1.82, 2.24) is 4.98 Å². The summed E-state index contributed by atoms with van der Waals surface area (Å²) in [5, 5.41) is 8.98. The topological polar surface area (TPSA) is 53.4 Å². The number of anilines is 1. The molecule has 0 amide bonds. The Morgan fingerprint density at radius 3 is 2.81 bits per heavy atom. The zero-order valence-electron chi connectivity index (χ0n) is 8.98. The number of hydrogen-bond acceptors (Lipinski definition) is 3. The maximum absolute atomic E-state index is 12.9. The third kappa shape index (κ3) is 1.85. The summed E-state index contributed by atoms with van der Waals surface area (Å²) < 4.78 is 12.9. The van der Waals surface area contributed by atoms with E-state index in [1.807, 2.05) is 4.90 Å². The van der Waals surface area contributed by atoms with Gasteiger partial charge in [-0.15, -0.1) is 0 Å². The van der Waals surface area contributed by atoms with Crippen molar-refractivity contribution in [2.24, 2.45) is 0 Å². The fraction of sp³-hybridized carbons (Fsp3) is 0.455. The van der Waals surface area contributed by atoms with Gasteiger partial charge in [0.05, 0.1) is 6.20 Å². The minimum atomic E-state index is -1.15. The summed E-state index contributed by atoms with van der Waals surface area (Å²) in [7, 11) is 1.80. The Labute approximate surface area is 92.7 Å². The lowest BCUT2D eigenvalue weighted by Gasteiger charge is -2.36. The van der Waals surface area contributed by atoms with Gasteiger partial charge in [-0.1, -0.05) is 0 Å². The number of rotatable bonds is 3. The third-order valence-electron chi connectivity index (χ3n) is 3.02. The molecule has 86 valence electrons. The predicted octanol–water partition coefficient (Wildman–Crippen LogP) is 1.91. The van der Waals surface area contributed by atoms with Gasteiger partial charge in [-0.25, -0.2) is 14.2 Å². The molecule has 0 unspecified atom stereocenters. The quantitative estimate of drug-likeness (QED) is 0.852. The molecule has 0 aromatic carbocycles.